The summed E-state index contributed by atoms with van der Waals surface area (Å²) in [6, 6.07) is 41.4. The average Bonchev–Trinajstić information content (AvgIpc) is 3.53. The van der Waals surface area contributed by atoms with Crippen LogP contribution in [0.2, 0.25) is 0 Å². The number of fused-ring (bicyclic) bond motifs is 10. The smallest absolute Gasteiger partial charge is 0.00139 e. The first-order valence-electron chi connectivity index (χ1n) is 12.7. The Morgan fingerprint density at radius 3 is 1.22 bits per heavy atom. The fourth-order valence-corrected chi connectivity index (χ4v) is 7.38. The van der Waals surface area contributed by atoms with Gasteiger partial charge < -0.3 is 0 Å². The third-order valence-corrected chi connectivity index (χ3v) is 8.85. The van der Waals surface area contributed by atoms with Gasteiger partial charge in [-0.1, -0.05) is 84.9 Å². The van der Waals surface area contributed by atoms with E-state index in [0.717, 1.165) is 0 Å². The number of hydrogen-bond acceptors (Lipinski definition) is 0. The molecule has 0 atom stereocenters. The predicted octanol–water partition coefficient (Wildman–Crippen LogP) is 10.3. The number of hydrogen-bond donors (Lipinski definition) is 0. The first-order chi connectivity index (χ1) is 17.8. The fourth-order valence-electron chi connectivity index (χ4n) is 7.38. The molecule has 0 saturated heterocycles. The summed E-state index contributed by atoms with van der Waals surface area (Å²) in [5.41, 5.74) is 5.48. The van der Waals surface area contributed by atoms with E-state index in [2.05, 4.69) is 109 Å². The van der Waals surface area contributed by atoms with Crippen LogP contribution in [-0.4, -0.2) is 0 Å². The van der Waals surface area contributed by atoms with E-state index in [1.54, 1.807) is 0 Å². The van der Waals surface area contributed by atoms with E-state index >= 15 is 0 Å². The highest BCUT2D eigenvalue weighted by atomic mass is 14.3. The molecule has 0 amide bonds. The quantitative estimate of drug-likeness (QED) is 0.215. The molecule has 0 heteroatoms. The van der Waals surface area contributed by atoms with Gasteiger partial charge in [0.15, 0.2) is 0 Å². The molecule has 0 saturated carbocycles. The van der Waals surface area contributed by atoms with Gasteiger partial charge in [-0.15, -0.1) is 0 Å². The predicted molar refractivity (Wildman–Crippen MR) is 156 cm³/mol. The van der Waals surface area contributed by atoms with Crippen LogP contribution in [0.1, 0.15) is 0 Å². The minimum Gasteiger partial charge on any atom is -0.0616 e. The van der Waals surface area contributed by atoms with Crippen molar-refractivity contribution in [2.75, 3.05) is 0 Å². The summed E-state index contributed by atoms with van der Waals surface area (Å²) in [7, 11) is 0. The second-order valence-electron chi connectivity index (χ2n) is 10.5. The van der Waals surface area contributed by atoms with Gasteiger partial charge in [-0.2, -0.15) is 0 Å². The lowest BCUT2D eigenvalue weighted by molar-refractivity contribution is 1.70. The Morgan fingerprint density at radius 1 is 0.250 bits per heavy atom. The third kappa shape index (κ3) is 1.86. The van der Waals surface area contributed by atoms with Crippen molar-refractivity contribution in [2.24, 2.45) is 0 Å². The average molecular weight is 451 g/mol. The first kappa shape index (κ1) is 17.7. The molecular formula is C36H18. The molecule has 0 fully saturated rings. The molecule has 1 aliphatic carbocycles. The molecule has 9 aromatic carbocycles. The topological polar surface area (TPSA) is 0 Å². The monoisotopic (exact) mass is 450 g/mol. The minimum absolute atomic E-state index is 1.32. The standard InChI is InChI=1S/C36H18/c1-2-8-23-22(7-1)26-11-13-28-32-17-20-15-30-24-9-3-5-19-6-4-10-25(34(19)24)31(30)16-21(20)18-33(32)29-14-12-27(23)35(26)36(28)29/h1-18H. The van der Waals surface area contributed by atoms with E-state index in [1.165, 1.54) is 97.7 Å². The zero-order valence-electron chi connectivity index (χ0n) is 19.4. The van der Waals surface area contributed by atoms with E-state index in [0.29, 0.717) is 0 Å². The molecule has 0 aromatic heterocycles. The molecular weight excluding hydrogens is 432 g/mol. The molecule has 9 aromatic rings. The van der Waals surface area contributed by atoms with Crippen LogP contribution >= 0.6 is 0 Å². The number of benzene rings is 7. The van der Waals surface area contributed by atoms with Gasteiger partial charge in [0.05, 0.1) is 0 Å². The van der Waals surface area contributed by atoms with Crippen molar-refractivity contribution in [3.05, 3.63) is 109 Å². The Morgan fingerprint density at radius 2 is 0.722 bits per heavy atom. The maximum atomic E-state index is 2.44. The highest BCUT2D eigenvalue weighted by Gasteiger charge is 2.24. The summed E-state index contributed by atoms with van der Waals surface area (Å²) >= 11 is 0. The zero-order valence-corrected chi connectivity index (χ0v) is 19.4. The minimum atomic E-state index is 1.32. The molecule has 0 unspecified atom stereocenters. The van der Waals surface area contributed by atoms with Crippen molar-refractivity contribution < 1.29 is 0 Å². The normalized spacial score (nSPS) is 13.0. The Hall–Kier alpha value is -4.68. The molecule has 162 valence electrons. The maximum absolute atomic E-state index is 2.44. The van der Waals surface area contributed by atoms with E-state index in [9.17, 15) is 0 Å². The van der Waals surface area contributed by atoms with Crippen LogP contribution in [0.25, 0.3) is 97.7 Å². The lowest BCUT2D eigenvalue weighted by atomic mass is 10.00. The molecule has 1 aliphatic rings. The van der Waals surface area contributed by atoms with Crippen molar-refractivity contribution in [3.63, 3.8) is 0 Å². The largest absolute Gasteiger partial charge is 0.0616 e. The molecule has 0 radical (unpaired) electrons. The van der Waals surface area contributed by atoms with Gasteiger partial charge in [0.2, 0.25) is 0 Å². The van der Waals surface area contributed by atoms with E-state index in [1.807, 2.05) is 0 Å². The highest BCUT2D eigenvalue weighted by molar-refractivity contribution is 6.37. The fraction of sp³-hybridized carbons (Fsp3) is 0. The molecule has 0 N–H and O–H groups in total. The summed E-state index contributed by atoms with van der Waals surface area (Å²) < 4.78 is 0. The lowest BCUT2D eigenvalue weighted by Gasteiger charge is -2.03. The van der Waals surface area contributed by atoms with Gasteiger partial charge in [0.25, 0.3) is 0 Å². The Kier molecular flexibility index (Phi) is 2.83. The van der Waals surface area contributed by atoms with E-state index < -0.39 is 0 Å². The van der Waals surface area contributed by atoms with Crippen molar-refractivity contribution >= 4 is 75.4 Å². The van der Waals surface area contributed by atoms with Crippen molar-refractivity contribution in [3.8, 4) is 22.3 Å². The molecule has 0 nitrogen and oxygen atoms in total. The van der Waals surface area contributed by atoms with Gasteiger partial charge in [0, 0.05) is 0 Å². The van der Waals surface area contributed by atoms with Crippen LogP contribution in [0.3, 0.4) is 0 Å². The van der Waals surface area contributed by atoms with Crippen LogP contribution in [0.4, 0.5) is 0 Å². The first-order valence-corrected chi connectivity index (χ1v) is 12.7. The van der Waals surface area contributed by atoms with Gasteiger partial charge in [-0.05, 0) is 122 Å². The van der Waals surface area contributed by atoms with Gasteiger partial charge in [-0.25, -0.2) is 0 Å². The maximum Gasteiger partial charge on any atom is -0.00139 e. The van der Waals surface area contributed by atoms with Crippen LogP contribution in [0, 0.1) is 0 Å². The Balaban J connectivity index is 1.38. The van der Waals surface area contributed by atoms with Crippen LogP contribution < -0.4 is 0 Å². The second kappa shape index (κ2) is 5.75. The van der Waals surface area contributed by atoms with Crippen LogP contribution in [0.15, 0.2) is 109 Å². The third-order valence-electron chi connectivity index (χ3n) is 8.85. The summed E-state index contributed by atoms with van der Waals surface area (Å²) in [6.07, 6.45) is 0. The zero-order chi connectivity index (χ0) is 23.1. The molecule has 0 aliphatic heterocycles. The van der Waals surface area contributed by atoms with Crippen LogP contribution in [-0.2, 0) is 0 Å². The summed E-state index contributed by atoms with van der Waals surface area (Å²) in [5, 5.41) is 19.1. The SMILES string of the molecule is c1ccc2c(c1)-c1ccc3c4cc5cc6c(cc5cc4c4ccc-2c1c34)c1cccc2cccc6c21. The van der Waals surface area contributed by atoms with Crippen LogP contribution in [0.5, 0.6) is 0 Å². The number of rotatable bonds is 0. The van der Waals surface area contributed by atoms with Crippen molar-refractivity contribution in [2.45, 2.75) is 0 Å². The molecule has 0 heterocycles. The summed E-state index contributed by atoms with van der Waals surface area (Å²) in [6.45, 7) is 0. The van der Waals surface area contributed by atoms with Gasteiger partial charge in [0.1, 0.15) is 0 Å². The summed E-state index contributed by atoms with van der Waals surface area (Å²) in [4.78, 5) is 0. The molecule has 10 rings (SSSR count). The summed E-state index contributed by atoms with van der Waals surface area (Å²) in [5.74, 6) is 0. The molecule has 0 spiro atoms. The molecule has 0 bridgehead atoms. The van der Waals surface area contributed by atoms with Crippen molar-refractivity contribution in [1.82, 2.24) is 0 Å². The van der Waals surface area contributed by atoms with E-state index in [-0.39, 0.29) is 0 Å². The van der Waals surface area contributed by atoms with Gasteiger partial charge in [-0.3, -0.25) is 0 Å². The molecule has 36 heavy (non-hydrogen) atoms. The second-order valence-corrected chi connectivity index (χ2v) is 10.5. The Labute approximate surface area is 206 Å². The highest BCUT2D eigenvalue weighted by Crippen LogP contribution is 2.52. The van der Waals surface area contributed by atoms with Gasteiger partial charge >= 0.3 is 0 Å². The lowest BCUT2D eigenvalue weighted by Crippen LogP contribution is -1.76. The Bertz CT molecular complexity index is 2240. The van der Waals surface area contributed by atoms with E-state index in [4.69, 9.17) is 0 Å². The van der Waals surface area contributed by atoms with Crippen molar-refractivity contribution in [1.29, 1.82) is 0 Å².